The van der Waals surface area contributed by atoms with Crippen LogP contribution >= 0.6 is 0 Å². The number of pyridine rings is 2. The first-order valence-electron chi connectivity index (χ1n) is 9.18. The Bertz CT molecular complexity index is 1260. The molecule has 0 saturated heterocycles. The van der Waals surface area contributed by atoms with Gasteiger partial charge >= 0.3 is 6.03 Å². The molecule has 0 fully saturated rings. The predicted octanol–water partition coefficient (Wildman–Crippen LogP) is 5.25. The number of hydrogen-bond acceptors (Lipinski definition) is 5. The number of benzene rings is 2. The third-order valence-corrected chi connectivity index (χ3v) is 4.28. The molecule has 0 unspecified atom stereocenters. The molecular formula is C23H17N5O2. The Morgan fingerprint density at radius 2 is 1.70 bits per heavy atom. The molecule has 2 aromatic carbocycles. The van der Waals surface area contributed by atoms with E-state index < -0.39 is 0 Å². The molecule has 4 aromatic rings. The molecule has 4 rings (SSSR count). The van der Waals surface area contributed by atoms with Crippen molar-refractivity contribution in [1.82, 2.24) is 9.97 Å². The lowest BCUT2D eigenvalue weighted by Gasteiger charge is -2.10. The van der Waals surface area contributed by atoms with E-state index in [9.17, 15) is 4.79 Å². The number of fused-ring (bicyclic) bond motifs is 1. The summed E-state index contributed by atoms with van der Waals surface area (Å²) in [5, 5.41) is 15.5. The highest BCUT2D eigenvalue weighted by atomic mass is 16.5. The lowest BCUT2D eigenvalue weighted by Crippen LogP contribution is -2.19. The number of aryl methyl sites for hydroxylation is 1. The van der Waals surface area contributed by atoms with Gasteiger partial charge in [-0.15, -0.1) is 0 Å². The fourth-order valence-electron chi connectivity index (χ4n) is 2.88. The maximum absolute atomic E-state index is 12.3. The Hall–Kier alpha value is -4.44. The highest BCUT2D eigenvalue weighted by Gasteiger charge is 2.05. The largest absolute Gasteiger partial charge is 0.457 e. The minimum absolute atomic E-state index is 0.280. The molecule has 0 bridgehead atoms. The summed E-state index contributed by atoms with van der Waals surface area (Å²) >= 11 is 0. The summed E-state index contributed by atoms with van der Waals surface area (Å²) in [7, 11) is 0. The number of nitrogens with zero attached hydrogens (tertiary/aromatic N) is 3. The number of ether oxygens (including phenoxy) is 1. The van der Waals surface area contributed by atoms with E-state index in [1.54, 1.807) is 36.4 Å². The summed E-state index contributed by atoms with van der Waals surface area (Å²) in [6.07, 6.45) is 1.51. The standard InChI is InChI=1S/C23H17N5O2/c1-15-2-3-16-12-18(6-9-22(16)26-15)28-23(29)27-17-4-7-20(8-5-17)30-21-10-11-25-19(13-21)14-24/h2-13H,1H3,(H2,27,28,29). The number of hydrogen-bond donors (Lipinski definition) is 2. The zero-order valence-electron chi connectivity index (χ0n) is 16.1. The molecule has 0 saturated carbocycles. The summed E-state index contributed by atoms with van der Waals surface area (Å²) in [6, 6.07) is 21.2. The van der Waals surface area contributed by atoms with Gasteiger partial charge in [-0.25, -0.2) is 9.78 Å². The molecule has 2 N–H and O–H groups in total. The lowest BCUT2D eigenvalue weighted by molar-refractivity contribution is 0.262. The van der Waals surface area contributed by atoms with Crippen molar-refractivity contribution in [2.45, 2.75) is 6.92 Å². The summed E-state index contributed by atoms with van der Waals surface area (Å²) in [6.45, 7) is 1.94. The van der Waals surface area contributed by atoms with E-state index in [0.29, 0.717) is 22.9 Å². The topological polar surface area (TPSA) is 99.9 Å². The van der Waals surface area contributed by atoms with Crippen LogP contribution in [0.25, 0.3) is 10.9 Å². The van der Waals surface area contributed by atoms with Gasteiger partial charge in [0.1, 0.15) is 23.3 Å². The van der Waals surface area contributed by atoms with Crippen molar-refractivity contribution in [3.05, 3.63) is 84.3 Å². The monoisotopic (exact) mass is 395 g/mol. The molecule has 0 aliphatic heterocycles. The van der Waals surface area contributed by atoms with Crippen molar-refractivity contribution in [3.8, 4) is 17.6 Å². The van der Waals surface area contributed by atoms with Crippen LogP contribution < -0.4 is 15.4 Å². The number of carbonyl (C=O) groups is 1. The van der Waals surface area contributed by atoms with E-state index >= 15 is 0 Å². The van der Waals surface area contributed by atoms with Crippen LogP contribution in [0.3, 0.4) is 0 Å². The van der Waals surface area contributed by atoms with Crippen molar-refractivity contribution in [2.24, 2.45) is 0 Å². The summed E-state index contributed by atoms with van der Waals surface area (Å²) in [5.41, 5.74) is 3.40. The third kappa shape index (κ3) is 4.51. The number of carbonyl (C=O) groups excluding carboxylic acids is 1. The molecule has 30 heavy (non-hydrogen) atoms. The molecule has 0 spiro atoms. The summed E-state index contributed by atoms with van der Waals surface area (Å²) < 4.78 is 5.70. The maximum atomic E-state index is 12.3. The molecule has 7 nitrogen and oxygen atoms in total. The van der Waals surface area contributed by atoms with Gasteiger partial charge in [0.2, 0.25) is 0 Å². The Labute approximate surface area is 173 Å². The molecule has 7 heteroatoms. The first-order valence-corrected chi connectivity index (χ1v) is 9.18. The normalized spacial score (nSPS) is 10.3. The predicted molar refractivity (Wildman–Crippen MR) is 115 cm³/mol. The number of amides is 2. The summed E-state index contributed by atoms with van der Waals surface area (Å²) in [5.74, 6) is 1.09. The van der Waals surface area contributed by atoms with Gasteiger partial charge < -0.3 is 15.4 Å². The van der Waals surface area contributed by atoms with Crippen LogP contribution in [0.1, 0.15) is 11.4 Å². The highest BCUT2D eigenvalue weighted by Crippen LogP contribution is 2.23. The van der Waals surface area contributed by atoms with Crippen LogP contribution in [-0.4, -0.2) is 16.0 Å². The van der Waals surface area contributed by atoms with E-state index in [2.05, 4.69) is 20.6 Å². The second kappa shape index (κ2) is 8.29. The van der Waals surface area contributed by atoms with Crippen LogP contribution in [0.15, 0.2) is 72.9 Å². The first kappa shape index (κ1) is 18.9. The molecule has 2 amide bonds. The lowest BCUT2D eigenvalue weighted by atomic mass is 10.2. The van der Waals surface area contributed by atoms with Crippen molar-refractivity contribution < 1.29 is 9.53 Å². The second-order valence-electron chi connectivity index (χ2n) is 6.55. The van der Waals surface area contributed by atoms with Gasteiger partial charge in [0.15, 0.2) is 0 Å². The number of urea groups is 1. The van der Waals surface area contributed by atoms with Crippen molar-refractivity contribution in [1.29, 1.82) is 5.26 Å². The molecule has 2 heterocycles. The van der Waals surface area contributed by atoms with Crippen LogP contribution in [-0.2, 0) is 0 Å². The average molecular weight is 395 g/mol. The van der Waals surface area contributed by atoms with Gasteiger partial charge in [0.05, 0.1) is 5.52 Å². The number of rotatable bonds is 4. The number of nitrogens with one attached hydrogen (secondary N) is 2. The van der Waals surface area contributed by atoms with E-state index in [-0.39, 0.29) is 11.7 Å². The van der Waals surface area contributed by atoms with Gasteiger partial charge in [0, 0.05) is 34.7 Å². The Morgan fingerprint density at radius 3 is 2.50 bits per heavy atom. The molecule has 0 aliphatic carbocycles. The quantitative estimate of drug-likeness (QED) is 0.492. The van der Waals surface area contributed by atoms with Gasteiger partial charge in [-0.05, 0) is 61.5 Å². The van der Waals surface area contributed by atoms with Gasteiger partial charge in [0.25, 0.3) is 0 Å². The van der Waals surface area contributed by atoms with Gasteiger partial charge in [-0.3, -0.25) is 4.98 Å². The molecule has 146 valence electrons. The zero-order chi connectivity index (χ0) is 20.9. The van der Waals surface area contributed by atoms with Gasteiger partial charge in [-0.2, -0.15) is 5.26 Å². The molecule has 2 aromatic heterocycles. The molecule has 0 atom stereocenters. The fraction of sp³-hybridized carbons (Fsp3) is 0.0435. The van der Waals surface area contributed by atoms with E-state index in [1.165, 1.54) is 6.20 Å². The Balaban J connectivity index is 1.38. The average Bonchev–Trinajstić information content (AvgIpc) is 2.75. The summed E-state index contributed by atoms with van der Waals surface area (Å²) in [4.78, 5) is 20.7. The zero-order valence-corrected chi connectivity index (χ0v) is 16.1. The molecular weight excluding hydrogens is 378 g/mol. The second-order valence-corrected chi connectivity index (χ2v) is 6.55. The number of anilines is 2. The van der Waals surface area contributed by atoms with E-state index in [1.807, 2.05) is 43.3 Å². The first-order chi connectivity index (χ1) is 14.6. The molecule has 0 radical (unpaired) electrons. The number of nitriles is 1. The van der Waals surface area contributed by atoms with E-state index in [0.717, 1.165) is 16.6 Å². The van der Waals surface area contributed by atoms with Crippen molar-refractivity contribution in [2.75, 3.05) is 10.6 Å². The minimum atomic E-state index is -0.351. The van der Waals surface area contributed by atoms with Crippen molar-refractivity contribution in [3.63, 3.8) is 0 Å². The SMILES string of the molecule is Cc1ccc2cc(NC(=O)Nc3ccc(Oc4ccnc(C#N)c4)cc3)ccc2n1. The van der Waals surface area contributed by atoms with E-state index in [4.69, 9.17) is 10.00 Å². The van der Waals surface area contributed by atoms with Crippen LogP contribution in [0.5, 0.6) is 11.5 Å². The Kier molecular flexibility index (Phi) is 5.22. The third-order valence-electron chi connectivity index (χ3n) is 4.28. The fourth-order valence-corrected chi connectivity index (χ4v) is 2.88. The maximum Gasteiger partial charge on any atom is 0.323 e. The van der Waals surface area contributed by atoms with Crippen LogP contribution in [0.2, 0.25) is 0 Å². The highest BCUT2D eigenvalue weighted by molar-refractivity contribution is 6.01. The van der Waals surface area contributed by atoms with Crippen LogP contribution in [0, 0.1) is 18.3 Å². The van der Waals surface area contributed by atoms with Crippen LogP contribution in [0.4, 0.5) is 16.2 Å². The molecule has 0 aliphatic rings. The Morgan fingerprint density at radius 1 is 0.933 bits per heavy atom. The minimum Gasteiger partial charge on any atom is -0.457 e. The number of aromatic nitrogens is 2. The smallest absolute Gasteiger partial charge is 0.323 e. The van der Waals surface area contributed by atoms with Gasteiger partial charge in [-0.1, -0.05) is 6.07 Å². The van der Waals surface area contributed by atoms with Crippen molar-refractivity contribution >= 4 is 28.3 Å².